The summed E-state index contributed by atoms with van der Waals surface area (Å²) in [5.74, 6) is 0. The molecule has 4 nitrogen and oxygen atoms in total. The maximum absolute atomic E-state index is 8.52. The van der Waals surface area contributed by atoms with E-state index in [4.69, 9.17) is 17.5 Å². The zero-order valence-corrected chi connectivity index (χ0v) is 6.44. The zero-order valence-electron chi connectivity index (χ0n) is 3.10. The van der Waals surface area contributed by atoms with E-state index < -0.39 is 10.4 Å². The molecule has 0 spiro atoms. The summed E-state index contributed by atoms with van der Waals surface area (Å²) < 4.78 is 34.1. The Bertz CT molecular complexity index is 94.9. The van der Waals surface area contributed by atoms with E-state index in [-0.39, 0.29) is 27.0 Å². The Morgan fingerprint density at radius 2 is 1.14 bits per heavy atom. The van der Waals surface area contributed by atoms with Gasteiger partial charge in [-0.3, -0.25) is 8.42 Å². The predicted molar refractivity (Wildman–Crippen MR) is 21.6 cm³/mol. The molecule has 0 saturated heterocycles. The van der Waals surface area contributed by atoms with Gasteiger partial charge in [0, 0.05) is 10.4 Å². The van der Waals surface area contributed by atoms with Gasteiger partial charge in [-0.1, -0.05) is 0 Å². The minimum absolute atomic E-state index is 0. The van der Waals surface area contributed by atoms with Crippen LogP contribution in [-0.2, 0) is 27.5 Å². The molecule has 7 heteroatoms. The molecule has 0 aliphatic heterocycles. The van der Waals surface area contributed by atoms with E-state index in [2.05, 4.69) is 0 Å². The van der Waals surface area contributed by atoms with Gasteiger partial charge in [-0.25, -0.2) is 0 Å². The van der Waals surface area contributed by atoms with Gasteiger partial charge >= 0.3 is 17.1 Å². The fraction of sp³-hybridized carbons (Fsp3) is 0. The first kappa shape index (κ1) is 15.7. The molecule has 46 valence electrons. The molecule has 1 unspecified atom stereocenters. The summed E-state index contributed by atoms with van der Waals surface area (Å²) in [4.78, 5) is 0. The van der Waals surface area contributed by atoms with E-state index in [1.54, 1.807) is 0 Å². The van der Waals surface area contributed by atoms with E-state index in [1.165, 1.54) is 0 Å². The van der Waals surface area contributed by atoms with Crippen LogP contribution >= 0.6 is 9.90 Å². The molecule has 0 aliphatic rings. The summed E-state index contributed by atoms with van der Waals surface area (Å²) in [6.07, 6.45) is 0. The summed E-state index contributed by atoms with van der Waals surface area (Å²) in [7, 11) is -5.17. The third-order valence-electron chi connectivity index (χ3n) is 0. The maximum Gasteiger partial charge on any atom is 2.00 e. The van der Waals surface area contributed by atoms with Gasteiger partial charge in [0.1, 0.15) is 0 Å². The van der Waals surface area contributed by atoms with Crippen molar-refractivity contribution in [2.45, 2.75) is 0 Å². The van der Waals surface area contributed by atoms with Crippen LogP contribution in [0.25, 0.3) is 0 Å². The normalized spacial score (nSPS) is 8.29. The summed E-state index contributed by atoms with van der Waals surface area (Å²) >= 11 is 0. The number of hydrogen-bond acceptors (Lipinski definition) is 4. The van der Waals surface area contributed by atoms with Crippen LogP contribution in [-0.4, -0.2) is 17.5 Å². The third kappa shape index (κ3) is 236. The van der Waals surface area contributed by atoms with E-state index in [0.717, 1.165) is 0 Å². The van der Waals surface area contributed by atoms with Gasteiger partial charge < -0.3 is 9.11 Å². The van der Waals surface area contributed by atoms with Crippen molar-refractivity contribution in [2.24, 2.45) is 0 Å². The average Bonchev–Trinajstić information content (AvgIpc) is 0.722. The van der Waals surface area contributed by atoms with Gasteiger partial charge in [-0.05, 0) is 0 Å². The molecule has 0 aliphatic carbocycles. The monoisotopic (exact) mass is 186 g/mol. The molecule has 0 amide bonds. The fourth-order valence-electron chi connectivity index (χ4n) is 0. The summed E-state index contributed by atoms with van der Waals surface area (Å²) in [5.41, 5.74) is 0. The second kappa shape index (κ2) is 4.97. The van der Waals surface area contributed by atoms with Crippen molar-refractivity contribution in [1.82, 2.24) is 0 Å². The Hall–Kier alpha value is 0.819. The third-order valence-corrected chi connectivity index (χ3v) is 0. The average molecular weight is 186 g/mol. The molecule has 0 aromatic rings. The van der Waals surface area contributed by atoms with Gasteiger partial charge in [0.25, 0.3) is 0 Å². The molecule has 0 heterocycles. The van der Waals surface area contributed by atoms with E-state index in [0.29, 0.717) is 0 Å². The molecular weight excluding hydrogens is 183 g/mol. The van der Waals surface area contributed by atoms with Gasteiger partial charge in [0.15, 0.2) is 0 Å². The van der Waals surface area contributed by atoms with Crippen molar-refractivity contribution in [3.05, 3.63) is 0 Å². The van der Waals surface area contributed by atoms with E-state index >= 15 is 0 Å². The molecule has 1 atom stereocenters. The quantitative estimate of drug-likeness (QED) is 0.204. The van der Waals surface area contributed by atoms with Crippen LogP contribution in [0.3, 0.4) is 0 Å². The van der Waals surface area contributed by atoms with Crippen molar-refractivity contribution in [1.29, 1.82) is 0 Å². The van der Waals surface area contributed by atoms with Gasteiger partial charge in [0.05, 0.1) is 0 Å². The smallest absolute Gasteiger partial charge is 0.759 e. The van der Waals surface area contributed by atoms with Crippen molar-refractivity contribution in [3.63, 3.8) is 0 Å². The Morgan fingerprint density at radius 3 is 1.14 bits per heavy atom. The van der Waals surface area contributed by atoms with Crippen LogP contribution in [0, 0.1) is 0 Å². The molecule has 0 saturated carbocycles. The van der Waals surface area contributed by atoms with Crippen molar-refractivity contribution in [2.75, 3.05) is 0 Å². The minimum Gasteiger partial charge on any atom is -0.759 e. The first-order chi connectivity index (χ1) is 2.00. The Balaban J connectivity index is -0.0000000800. The largest absolute Gasteiger partial charge is 2.00 e. The number of rotatable bonds is 0. The van der Waals surface area contributed by atoms with E-state index in [9.17, 15) is 0 Å². The van der Waals surface area contributed by atoms with E-state index in [1.807, 2.05) is 0 Å². The molecule has 0 bridgehead atoms. The minimum atomic E-state index is -5.17. The Morgan fingerprint density at radius 1 is 1.14 bits per heavy atom. The molecule has 0 aromatic heterocycles. The maximum atomic E-state index is 8.52. The molecular formula is H3FeO4PS. The van der Waals surface area contributed by atoms with Crippen LogP contribution in [0.4, 0.5) is 0 Å². The fourth-order valence-corrected chi connectivity index (χ4v) is 0. The van der Waals surface area contributed by atoms with Crippen molar-refractivity contribution < 1.29 is 34.6 Å². The first-order valence-electron chi connectivity index (χ1n) is 0.667. The molecule has 7 heavy (non-hydrogen) atoms. The summed E-state index contributed by atoms with van der Waals surface area (Å²) in [6.45, 7) is 0. The van der Waals surface area contributed by atoms with Crippen LogP contribution in [0.2, 0.25) is 0 Å². The van der Waals surface area contributed by atoms with Crippen LogP contribution in [0.5, 0.6) is 0 Å². The van der Waals surface area contributed by atoms with Crippen LogP contribution in [0.15, 0.2) is 0 Å². The second-order valence-corrected chi connectivity index (χ2v) is 1.22. The van der Waals surface area contributed by atoms with Gasteiger partial charge in [0.2, 0.25) is 0 Å². The molecule has 0 fully saturated rings. The SMILES string of the molecule is O=S(=O)([O-])[O-].P.[Fe+2]. The van der Waals surface area contributed by atoms with Gasteiger partial charge in [-0.2, -0.15) is 9.90 Å². The summed E-state index contributed by atoms with van der Waals surface area (Å²) in [5, 5.41) is 0. The second-order valence-electron chi connectivity index (χ2n) is 0.408. The Kier molecular flexibility index (Phi) is 11.1. The van der Waals surface area contributed by atoms with Gasteiger partial charge in [-0.15, -0.1) is 0 Å². The van der Waals surface area contributed by atoms with Crippen molar-refractivity contribution in [3.8, 4) is 0 Å². The standard InChI is InChI=1S/Fe.H2O4S.H3P/c;1-5(2,3)4;/h;(H2,1,2,3,4);1H3/q+2;;/p-2. The number of hydrogen-bond donors (Lipinski definition) is 0. The molecule has 0 N–H and O–H groups in total. The zero-order chi connectivity index (χ0) is 4.50. The van der Waals surface area contributed by atoms with Crippen LogP contribution in [0.1, 0.15) is 0 Å². The molecule has 0 aromatic carbocycles. The predicted octanol–water partition coefficient (Wildman–Crippen LogP) is -1.28. The topological polar surface area (TPSA) is 80.3 Å². The molecule has 0 rings (SSSR count). The molecule has 0 radical (unpaired) electrons. The Labute approximate surface area is 55.4 Å². The van der Waals surface area contributed by atoms with Crippen LogP contribution < -0.4 is 0 Å². The summed E-state index contributed by atoms with van der Waals surface area (Å²) in [6, 6.07) is 0. The van der Waals surface area contributed by atoms with Crippen molar-refractivity contribution >= 4 is 20.3 Å². The first-order valence-corrected chi connectivity index (χ1v) is 2.00.